The zero-order valence-electron chi connectivity index (χ0n) is 12.1. The Hall–Kier alpha value is -2.30. The molecule has 2 amide bonds. The molecule has 2 rings (SSSR count). The molecule has 0 aliphatic carbocycles. The van der Waals surface area contributed by atoms with E-state index in [9.17, 15) is 19.2 Å². The second-order valence-electron chi connectivity index (χ2n) is 5.08. The molecule has 0 N–H and O–H groups in total. The van der Waals surface area contributed by atoms with Gasteiger partial charge in [-0.1, -0.05) is 19.1 Å². The van der Waals surface area contributed by atoms with Crippen LogP contribution in [0, 0.1) is 0 Å². The molecular formula is C16H17NO4. The largest absolute Gasteiger partial charge is 0.300 e. The molecule has 0 fully saturated rings. The number of imide groups is 1. The summed E-state index contributed by atoms with van der Waals surface area (Å²) in [6.45, 7) is 3.08. The average molecular weight is 287 g/mol. The van der Waals surface area contributed by atoms with Crippen LogP contribution in [0.5, 0.6) is 0 Å². The van der Waals surface area contributed by atoms with Gasteiger partial charge in [-0.25, -0.2) is 0 Å². The molecule has 1 aromatic carbocycles. The van der Waals surface area contributed by atoms with Gasteiger partial charge in [0.15, 0.2) is 5.78 Å². The third-order valence-corrected chi connectivity index (χ3v) is 3.70. The lowest BCUT2D eigenvalue weighted by Crippen LogP contribution is -2.44. The van der Waals surface area contributed by atoms with Crippen molar-refractivity contribution in [1.82, 2.24) is 4.90 Å². The Bertz CT molecular complexity index is 585. The number of nitrogens with zero attached hydrogens (tertiary/aromatic N) is 1. The highest BCUT2D eigenvalue weighted by Gasteiger charge is 2.41. The SMILES string of the molecule is CCC(=O)CCC(C(C)=O)N1C(=O)c2ccccc2C1=O. The van der Waals surface area contributed by atoms with Crippen LogP contribution in [-0.4, -0.2) is 34.3 Å². The Labute approximate surface area is 122 Å². The minimum atomic E-state index is -0.868. The van der Waals surface area contributed by atoms with Crippen molar-refractivity contribution in [3.63, 3.8) is 0 Å². The van der Waals surface area contributed by atoms with Crippen LogP contribution in [0.4, 0.5) is 0 Å². The molecule has 110 valence electrons. The minimum Gasteiger partial charge on any atom is -0.300 e. The molecule has 1 atom stereocenters. The van der Waals surface area contributed by atoms with E-state index in [1.54, 1.807) is 31.2 Å². The van der Waals surface area contributed by atoms with Gasteiger partial charge in [0.05, 0.1) is 17.2 Å². The van der Waals surface area contributed by atoms with Crippen LogP contribution in [0.1, 0.15) is 53.8 Å². The third kappa shape index (κ3) is 2.77. The highest BCUT2D eigenvalue weighted by atomic mass is 16.2. The van der Waals surface area contributed by atoms with E-state index in [-0.39, 0.29) is 24.4 Å². The number of rotatable bonds is 6. The molecule has 21 heavy (non-hydrogen) atoms. The van der Waals surface area contributed by atoms with Crippen LogP contribution in [0.2, 0.25) is 0 Å². The number of Topliss-reactive ketones (excluding diaryl/α,β-unsaturated/α-hetero) is 2. The fourth-order valence-electron chi connectivity index (χ4n) is 2.48. The van der Waals surface area contributed by atoms with Gasteiger partial charge in [0.1, 0.15) is 5.78 Å². The van der Waals surface area contributed by atoms with Gasteiger partial charge in [-0.3, -0.25) is 24.1 Å². The molecule has 1 aliphatic heterocycles. The number of carbonyl (C=O) groups is 4. The van der Waals surface area contributed by atoms with Crippen molar-refractivity contribution in [3.8, 4) is 0 Å². The summed E-state index contributed by atoms with van der Waals surface area (Å²) in [5, 5.41) is 0. The van der Waals surface area contributed by atoms with Gasteiger partial charge in [0, 0.05) is 12.8 Å². The maximum absolute atomic E-state index is 12.3. The summed E-state index contributed by atoms with van der Waals surface area (Å²) in [5.41, 5.74) is 0.631. The molecular weight excluding hydrogens is 270 g/mol. The summed E-state index contributed by atoms with van der Waals surface area (Å²) in [4.78, 5) is 48.9. The summed E-state index contributed by atoms with van der Waals surface area (Å²) in [6.07, 6.45) is 0.758. The monoisotopic (exact) mass is 287 g/mol. The first-order valence-corrected chi connectivity index (χ1v) is 6.96. The fourth-order valence-corrected chi connectivity index (χ4v) is 2.48. The lowest BCUT2D eigenvalue weighted by molar-refractivity contribution is -0.122. The van der Waals surface area contributed by atoms with Gasteiger partial charge in [-0.2, -0.15) is 0 Å². The molecule has 5 heteroatoms. The normalized spacial score (nSPS) is 15.0. The molecule has 1 unspecified atom stereocenters. The van der Waals surface area contributed by atoms with E-state index in [0.717, 1.165) is 4.90 Å². The molecule has 0 saturated heterocycles. The molecule has 5 nitrogen and oxygen atoms in total. The van der Waals surface area contributed by atoms with Crippen LogP contribution < -0.4 is 0 Å². The maximum Gasteiger partial charge on any atom is 0.262 e. The van der Waals surface area contributed by atoms with E-state index < -0.39 is 17.9 Å². The van der Waals surface area contributed by atoms with Crippen molar-refractivity contribution in [2.45, 2.75) is 39.2 Å². The first kappa shape index (κ1) is 15.1. The van der Waals surface area contributed by atoms with Gasteiger partial charge in [-0.15, -0.1) is 0 Å². The molecule has 0 bridgehead atoms. The Morgan fingerprint density at radius 3 is 2.05 bits per heavy atom. The minimum absolute atomic E-state index is 0.0119. The second-order valence-corrected chi connectivity index (χ2v) is 5.08. The van der Waals surface area contributed by atoms with Crippen molar-refractivity contribution in [2.24, 2.45) is 0 Å². The quantitative estimate of drug-likeness (QED) is 0.750. The van der Waals surface area contributed by atoms with E-state index >= 15 is 0 Å². The number of fused-ring (bicyclic) bond motifs is 1. The average Bonchev–Trinajstić information content (AvgIpc) is 2.72. The number of amides is 2. The highest BCUT2D eigenvalue weighted by molar-refractivity contribution is 6.22. The summed E-state index contributed by atoms with van der Waals surface area (Å²) < 4.78 is 0. The van der Waals surface area contributed by atoms with Crippen molar-refractivity contribution < 1.29 is 19.2 Å². The summed E-state index contributed by atoms with van der Waals surface area (Å²) >= 11 is 0. The predicted molar refractivity (Wildman–Crippen MR) is 75.9 cm³/mol. The Kier molecular flexibility index (Phi) is 4.31. The zero-order valence-corrected chi connectivity index (χ0v) is 12.1. The van der Waals surface area contributed by atoms with Crippen molar-refractivity contribution in [1.29, 1.82) is 0 Å². The number of benzene rings is 1. The summed E-state index contributed by atoms with van der Waals surface area (Å²) in [6, 6.07) is 5.63. The number of ketones is 2. The summed E-state index contributed by atoms with van der Waals surface area (Å²) in [7, 11) is 0. The van der Waals surface area contributed by atoms with Gasteiger partial charge in [-0.05, 0) is 25.5 Å². The van der Waals surface area contributed by atoms with Crippen LogP contribution >= 0.6 is 0 Å². The van der Waals surface area contributed by atoms with Gasteiger partial charge < -0.3 is 0 Å². The third-order valence-electron chi connectivity index (χ3n) is 3.70. The highest BCUT2D eigenvalue weighted by Crippen LogP contribution is 2.26. The van der Waals surface area contributed by atoms with Crippen molar-refractivity contribution in [2.75, 3.05) is 0 Å². The standard InChI is InChI=1S/C16H17NO4/c1-3-11(19)8-9-14(10(2)18)17-15(20)12-6-4-5-7-13(12)16(17)21/h4-7,14H,3,8-9H2,1-2H3. The maximum atomic E-state index is 12.3. The molecule has 0 saturated carbocycles. The first-order valence-electron chi connectivity index (χ1n) is 6.96. The van der Waals surface area contributed by atoms with Crippen LogP contribution in [0.25, 0.3) is 0 Å². The molecule has 1 aromatic rings. The lowest BCUT2D eigenvalue weighted by atomic mass is 10.0. The van der Waals surface area contributed by atoms with E-state index in [1.165, 1.54) is 6.92 Å². The van der Waals surface area contributed by atoms with Gasteiger partial charge in [0.25, 0.3) is 11.8 Å². The van der Waals surface area contributed by atoms with E-state index in [1.807, 2.05) is 0 Å². The molecule has 0 aromatic heterocycles. The molecule has 1 aliphatic rings. The zero-order chi connectivity index (χ0) is 15.6. The smallest absolute Gasteiger partial charge is 0.262 e. The van der Waals surface area contributed by atoms with Crippen molar-refractivity contribution >= 4 is 23.4 Å². The van der Waals surface area contributed by atoms with Crippen LogP contribution in [-0.2, 0) is 9.59 Å². The van der Waals surface area contributed by atoms with Crippen molar-refractivity contribution in [3.05, 3.63) is 35.4 Å². The Morgan fingerprint density at radius 2 is 1.62 bits per heavy atom. The number of hydrogen-bond acceptors (Lipinski definition) is 4. The van der Waals surface area contributed by atoms with Crippen LogP contribution in [0.15, 0.2) is 24.3 Å². The second kappa shape index (κ2) is 5.99. The van der Waals surface area contributed by atoms with E-state index in [4.69, 9.17) is 0 Å². The Morgan fingerprint density at radius 1 is 1.10 bits per heavy atom. The molecule has 0 radical (unpaired) electrons. The van der Waals surface area contributed by atoms with E-state index in [0.29, 0.717) is 17.5 Å². The van der Waals surface area contributed by atoms with Crippen LogP contribution in [0.3, 0.4) is 0 Å². The molecule has 0 spiro atoms. The number of hydrogen-bond donors (Lipinski definition) is 0. The lowest BCUT2D eigenvalue weighted by Gasteiger charge is -2.23. The topological polar surface area (TPSA) is 71.5 Å². The Balaban J connectivity index is 2.27. The first-order chi connectivity index (χ1) is 9.97. The van der Waals surface area contributed by atoms with E-state index in [2.05, 4.69) is 0 Å². The fraction of sp³-hybridized carbons (Fsp3) is 0.375. The van der Waals surface area contributed by atoms with Gasteiger partial charge in [0.2, 0.25) is 0 Å². The summed E-state index contributed by atoms with van der Waals surface area (Å²) in [5.74, 6) is -1.19. The predicted octanol–water partition coefficient (Wildman–Crippen LogP) is 2.00. The number of carbonyl (C=O) groups excluding carboxylic acids is 4. The molecule has 1 heterocycles. The van der Waals surface area contributed by atoms with Gasteiger partial charge >= 0.3 is 0 Å².